The molecular weight excluding hydrogens is 320 g/mol. The number of likely N-dealkylation sites (N-methyl/N-ethyl adjacent to an activating group) is 1. The number of carbonyl (C=O) groups is 1. The maximum Gasteiger partial charge on any atom is 0.253 e. The molecule has 0 aliphatic carbocycles. The largest absolute Gasteiger partial charge is 0.343 e. The Morgan fingerprint density at radius 1 is 1.08 bits per heavy atom. The van der Waals surface area contributed by atoms with Gasteiger partial charge < -0.3 is 10.2 Å². The predicted molar refractivity (Wildman–Crippen MR) is 101 cm³/mol. The van der Waals surface area contributed by atoms with Crippen LogP contribution in [0.4, 0.5) is 0 Å². The van der Waals surface area contributed by atoms with Crippen LogP contribution in [0.3, 0.4) is 0 Å². The highest BCUT2D eigenvalue weighted by Crippen LogP contribution is 2.30. The van der Waals surface area contributed by atoms with E-state index < -0.39 is 0 Å². The lowest BCUT2D eigenvalue weighted by Gasteiger charge is -2.41. The normalized spacial score (nSPS) is 13.0. The maximum atomic E-state index is 12.9. The molecule has 1 amide bonds. The van der Waals surface area contributed by atoms with Gasteiger partial charge in [-0.1, -0.05) is 54.1 Å². The summed E-state index contributed by atoms with van der Waals surface area (Å²) in [4.78, 5) is 15.0. The Balaban J connectivity index is 2.41. The summed E-state index contributed by atoms with van der Waals surface area (Å²) in [7, 11) is 4.03. The Hall–Kier alpha value is -1.84. The molecule has 0 bridgehead atoms. The van der Waals surface area contributed by atoms with Gasteiger partial charge in [0.1, 0.15) is 0 Å². The van der Waals surface area contributed by atoms with Crippen LogP contribution in [-0.4, -0.2) is 30.4 Å². The number of nitrogens with zero attached hydrogens (tertiary/aromatic N) is 1. The van der Waals surface area contributed by atoms with Crippen LogP contribution in [0, 0.1) is 6.92 Å². The second kappa shape index (κ2) is 7.37. The van der Waals surface area contributed by atoms with Gasteiger partial charge in [-0.05, 0) is 52.1 Å². The molecule has 0 spiro atoms. The second-order valence-electron chi connectivity index (χ2n) is 6.80. The molecule has 0 heterocycles. The van der Waals surface area contributed by atoms with Crippen molar-refractivity contribution in [3.05, 3.63) is 70.2 Å². The molecule has 0 radical (unpaired) electrons. The van der Waals surface area contributed by atoms with Crippen molar-refractivity contribution in [3.63, 3.8) is 0 Å². The molecule has 3 nitrogen and oxygen atoms in total. The highest BCUT2D eigenvalue weighted by atomic mass is 35.5. The van der Waals surface area contributed by atoms with Crippen molar-refractivity contribution in [1.29, 1.82) is 0 Å². The molecule has 2 rings (SSSR count). The lowest BCUT2D eigenvalue weighted by molar-refractivity contribution is 0.0840. The lowest BCUT2D eigenvalue weighted by atomic mass is 9.87. The van der Waals surface area contributed by atoms with E-state index >= 15 is 0 Å². The molecule has 24 heavy (non-hydrogen) atoms. The molecule has 0 aromatic heterocycles. The maximum absolute atomic E-state index is 12.9. The van der Waals surface area contributed by atoms with Gasteiger partial charge >= 0.3 is 0 Å². The van der Waals surface area contributed by atoms with Crippen LogP contribution in [-0.2, 0) is 0 Å². The van der Waals surface area contributed by atoms with Gasteiger partial charge in [0.15, 0.2) is 0 Å². The number of amides is 1. The predicted octanol–water partition coefficient (Wildman–Crippen LogP) is 4.46. The summed E-state index contributed by atoms with van der Waals surface area (Å²) < 4.78 is 0. The molecule has 4 heteroatoms. The molecule has 1 atom stereocenters. The zero-order valence-electron chi connectivity index (χ0n) is 14.9. The van der Waals surface area contributed by atoms with Crippen molar-refractivity contribution in [2.24, 2.45) is 0 Å². The van der Waals surface area contributed by atoms with E-state index in [0.29, 0.717) is 10.6 Å². The van der Waals surface area contributed by atoms with Crippen LogP contribution in [0.1, 0.15) is 41.4 Å². The van der Waals surface area contributed by atoms with Gasteiger partial charge in [0.05, 0.1) is 16.6 Å². The van der Waals surface area contributed by atoms with E-state index in [-0.39, 0.29) is 17.5 Å². The van der Waals surface area contributed by atoms with E-state index in [4.69, 9.17) is 11.6 Å². The summed E-state index contributed by atoms with van der Waals surface area (Å²) in [5.74, 6) is -0.151. The number of aryl methyl sites for hydroxylation is 1. The minimum atomic E-state index is -0.272. The number of halogens is 1. The Bertz CT molecular complexity index is 691. The summed E-state index contributed by atoms with van der Waals surface area (Å²) in [6.45, 7) is 6.13. The number of hydrogen-bond donors (Lipinski definition) is 1. The van der Waals surface area contributed by atoms with E-state index in [9.17, 15) is 4.79 Å². The molecule has 2 aromatic carbocycles. The highest BCUT2D eigenvalue weighted by molar-refractivity contribution is 6.34. The van der Waals surface area contributed by atoms with Crippen LogP contribution in [0.25, 0.3) is 0 Å². The van der Waals surface area contributed by atoms with Gasteiger partial charge in [-0.25, -0.2) is 0 Å². The molecule has 0 aliphatic heterocycles. The third kappa shape index (κ3) is 3.80. The van der Waals surface area contributed by atoms with Gasteiger partial charge in [0, 0.05) is 5.54 Å². The van der Waals surface area contributed by atoms with Crippen LogP contribution >= 0.6 is 11.6 Å². The van der Waals surface area contributed by atoms with Gasteiger partial charge in [-0.3, -0.25) is 4.79 Å². The van der Waals surface area contributed by atoms with Gasteiger partial charge in [0.25, 0.3) is 5.91 Å². The Morgan fingerprint density at radius 3 is 2.25 bits per heavy atom. The van der Waals surface area contributed by atoms with E-state index in [0.717, 1.165) is 11.1 Å². The molecule has 128 valence electrons. The molecule has 0 fully saturated rings. The van der Waals surface area contributed by atoms with Crippen molar-refractivity contribution in [2.45, 2.75) is 32.4 Å². The minimum absolute atomic E-state index is 0.151. The smallest absolute Gasteiger partial charge is 0.253 e. The second-order valence-corrected chi connectivity index (χ2v) is 7.20. The summed E-state index contributed by atoms with van der Waals surface area (Å²) in [6, 6.07) is 15.4. The van der Waals surface area contributed by atoms with Crippen molar-refractivity contribution in [2.75, 3.05) is 14.1 Å². The number of benzene rings is 2. The number of nitrogens with one attached hydrogen (secondary N) is 1. The van der Waals surface area contributed by atoms with Gasteiger partial charge in [0.2, 0.25) is 0 Å². The Labute approximate surface area is 149 Å². The summed E-state index contributed by atoms with van der Waals surface area (Å²) in [5, 5.41) is 3.66. The third-order valence-electron chi connectivity index (χ3n) is 4.72. The Morgan fingerprint density at radius 2 is 1.71 bits per heavy atom. The molecule has 2 aromatic rings. The topological polar surface area (TPSA) is 32.3 Å². The van der Waals surface area contributed by atoms with E-state index in [1.807, 2.05) is 63.5 Å². The zero-order chi connectivity index (χ0) is 17.9. The van der Waals surface area contributed by atoms with E-state index in [1.165, 1.54) is 0 Å². The van der Waals surface area contributed by atoms with Crippen molar-refractivity contribution in [3.8, 4) is 0 Å². The van der Waals surface area contributed by atoms with Crippen LogP contribution < -0.4 is 5.32 Å². The van der Waals surface area contributed by atoms with Crippen molar-refractivity contribution >= 4 is 17.5 Å². The van der Waals surface area contributed by atoms with Crippen LogP contribution in [0.2, 0.25) is 5.02 Å². The average Bonchev–Trinajstić information content (AvgIpc) is 2.53. The molecule has 0 saturated heterocycles. The SMILES string of the molecule is Cc1cccc(Cl)c1C(=O)NC(c1ccccc1)C(C)(C)N(C)C. The molecule has 1 N–H and O–H groups in total. The molecular formula is C20H25ClN2O. The monoisotopic (exact) mass is 344 g/mol. The summed E-state index contributed by atoms with van der Waals surface area (Å²) in [6.07, 6.45) is 0. The fourth-order valence-electron chi connectivity index (χ4n) is 2.69. The lowest BCUT2D eigenvalue weighted by Crippen LogP contribution is -2.50. The van der Waals surface area contributed by atoms with E-state index in [2.05, 4.69) is 24.1 Å². The quantitative estimate of drug-likeness (QED) is 0.868. The van der Waals surface area contributed by atoms with Crippen LogP contribution in [0.5, 0.6) is 0 Å². The average molecular weight is 345 g/mol. The first-order valence-electron chi connectivity index (χ1n) is 8.03. The number of rotatable bonds is 5. The first kappa shape index (κ1) is 18.5. The fourth-order valence-corrected chi connectivity index (χ4v) is 3.00. The molecule has 1 unspecified atom stereocenters. The fraction of sp³-hybridized carbons (Fsp3) is 0.350. The molecule has 0 aliphatic rings. The molecule has 0 saturated carbocycles. The Kier molecular flexibility index (Phi) is 5.68. The highest BCUT2D eigenvalue weighted by Gasteiger charge is 2.34. The first-order valence-corrected chi connectivity index (χ1v) is 8.41. The summed E-state index contributed by atoms with van der Waals surface area (Å²) >= 11 is 6.26. The zero-order valence-corrected chi connectivity index (χ0v) is 15.7. The summed E-state index contributed by atoms with van der Waals surface area (Å²) in [5.41, 5.74) is 2.20. The van der Waals surface area contributed by atoms with Crippen molar-refractivity contribution in [1.82, 2.24) is 10.2 Å². The minimum Gasteiger partial charge on any atom is -0.343 e. The number of carbonyl (C=O) groups excluding carboxylic acids is 1. The van der Waals surface area contributed by atoms with Crippen molar-refractivity contribution < 1.29 is 4.79 Å². The third-order valence-corrected chi connectivity index (χ3v) is 5.03. The number of hydrogen-bond acceptors (Lipinski definition) is 2. The first-order chi connectivity index (χ1) is 11.2. The van der Waals surface area contributed by atoms with Crippen LogP contribution in [0.15, 0.2) is 48.5 Å². The van der Waals surface area contributed by atoms with E-state index in [1.54, 1.807) is 6.07 Å². The van der Waals surface area contributed by atoms with Gasteiger partial charge in [-0.15, -0.1) is 0 Å². The standard InChI is InChI=1S/C20H25ClN2O/c1-14-10-9-13-16(21)17(14)19(24)22-18(20(2,3)23(4)5)15-11-7-6-8-12-15/h6-13,18H,1-5H3,(H,22,24). The van der Waals surface area contributed by atoms with Gasteiger partial charge in [-0.2, -0.15) is 0 Å².